The molecule has 1 aromatic rings. The molecule has 1 aliphatic heterocycles. The lowest BCUT2D eigenvalue weighted by atomic mass is 10.1. The van der Waals surface area contributed by atoms with E-state index in [0.717, 1.165) is 24.3 Å². The number of ether oxygens (including phenoxy) is 2. The van der Waals surface area contributed by atoms with Crippen LogP contribution >= 0.6 is 0 Å². The van der Waals surface area contributed by atoms with E-state index in [2.05, 4.69) is 10.3 Å². The van der Waals surface area contributed by atoms with E-state index in [1.54, 1.807) is 12.3 Å². The van der Waals surface area contributed by atoms with Crippen LogP contribution in [0, 0.1) is 0 Å². The van der Waals surface area contributed by atoms with Crippen molar-refractivity contribution in [1.82, 2.24) is 4.98 Å². The second-order valence-electron chi connectivity index (χ2n) is 5.25. The summed E-state index contributed by atoms with van der Waals surface area (Å²) in [6.45, 7) is 6.16. The summed E-state index contributed by atoms with van der Waals surface area (Å²) < 4.78 is 10.7. The topological polar surface area (TPSA) is 60.5 Å². The summed E-state index contributed by atoms with van der Waals surface area (Å²) in [7, 11) is 0. The largest absolute Gasteiger partial charge is 0.492 e. The normalized spacial score (nSPS) is 14.4. The highest BCUT2D eigenvalue weighted by Gasteiger charge is 2.17. The van der Waals surface area contributed by atoms with Gasteiger partial charge in [0, 0.05) is 6.07 Å². The number of carbonyl (C=O) groups is 1. The summed E-state index contributed by atoms with van der Waals surface area (Å²) in [6.07, 6.45) is 3.04. The quantitative estimate of drug-likeness (QED) is 0.832. The third-order valence-corrected chi connectivity index (χ3v) is 2.39. The van der Waals surface area contributed by atoms with Gasteiger partial charge in [0.1, 0.15) is 11.4 Å². The third kappa shape index (κ3) is 3.35. The van der Waals surface area contributed by atoms with Gasteiger partial charge in [0.05, 0.1) is 24.2 Å². The molecule has 0 unspecified atom stereocenters. The minimum absolute atomic E-state index is 0.486. The highest BCUT2D eigenvalue weighted by molar-refractivity contribution is 5.84. The second-order valence-corrected chi connectivity index (χ2v) is 5.25. The van der Waals surface area contributed by atoms with E-state index in [-0.39, 0.29) is 0 Å². The van der Waals surface area contributed by atoms with Crippen LogP contribution in [-0.4, -0.2) is 23.3 Å². The Kier molecular flexibility index (Phi) is 3.41. The standard InChI is InChI=1S/C13H18N2O3/c1-13(2,3)18-12(16)15-9-7-11-10(14-8-9)5-4-6-17-11/h7-8H,4-6H2,1-3H3,(H,15,16). The van der Waals surface area contributed by atoms with E-state index in [4.69, 9.17) is 9.47 Å². The molecular weight excluding hydrogens is 232 g/mol. The maximum Gasteiger partial charge on any atom is 0.412 e. The zero-order valence-electron chi connectivity index (χ0n) is 10.9. The zero-order chi connectivity index (χ0) is 13.2. The van der Waals surface area contributed by atoms with Crippen molar-refractivity contribution in [2.24, 2.45) is 0 Å². The molecule has 0 bridgehead atoms. The Hall–Kier alpha value is -1.78. The van der Waals surface area contributed by atoms with E-state index in [9.17, 15) is 4.79 Å². The molecule has 2 heterocycles. The minimum atomic E-state index is -0.512. The SMILES string of the molecule is CC(C)(C)OC(=O)Nc1cnc2c(c1)OCCC2. The Labute approximate surface area is 107 Å². The maximum absolute atomic E-state index is 11.6. The van der Waals surface area contributed by atoms with E-state index in [1.807, 2.05) is 20.8 Å². The first-order valence-corrected chi connectivity index (χ1v) is 6.06. The third-order valence-electron chi connectivity index (χ3n) is 2.39. The predicted molar refractivity (Wildman–Crippen MR) is 67.9 cm³/mol. The van der Waals surface area contributed by atoms with E-state index < -0.39 is 11.7 Å². The lowest BCUT2D eigenvalue weighted by Gasteiger charge is -2.20. The Morgan fingerprint density at radius 1 is 1.50 bits per heavy atom. The summed E-state index contributed by atoms with van der Waals surface area (Å²) >= 11 is 0. The lowest BCUT2D eigenvalue weighted by molar-refractivity contribution is 0.0636. The zero-order valence-corrected chi connectivity index (χ0v) is 10.9. The highest BCUT2D eigenvalue weighted by atomic mass is 16.6. The van der Waals surface area contributed by atoms with Crippen LogP contribution in [0.5, 0.6) is 5.75 Å². The molecule has 0 aromatic carbocycles. The fourth-order valence-corrected chi connectivity index (χ4v) is 1.70. The van der Waals surface area contributed by atoms with Gasteiger partial charge in [0.25, 0.3) is 0 Å². The van der Waals surface area contributed by atoms with Gasteiger partial charge in [-0.2, -0.15) is 0 Å². The van der Waals surface area contributed by atoms with Crippen molar-refractivity contribution in [3.8, 4) is 5.75 Å². The summed E-state index contributed by atoms with van der Waals surface area (Å²) in [4.78, 5) is 15.9. The van der Waals surface area contributed by atoms with Gasteiger partial charge in [0.2, 0.25) is 0 Å². The van der Waals surface area contributed by atoms with Gasteiger partial charge in [-0.25, -0.2) is 4.79 Å². The molecular formula is C13H18N2O3. The molecule has 0 fully saturated rings. The minimum Gasteiger partial charge on any atom is -0.492 e. The van der Waals surface area contributed by atoms with Crippen molar-refractivity contribution < 1.29 is 14.3 Å². The van der Waals surface area contributed by atoms with Crippen LogP contribution in [0.1, 0.15) is 32.9 Å². The molecule has 0 saturated heterocycles. The van der Waals surface area contributed by atoms with Gasteiger partial charge in [-0.15, -0.1) is 0 Å². The number of rotatable bonds is 1. The molecule has 0 aliphatic carbocycles. The van der Waals surface area contributed by atoms with Gasteiger partial charge < -0.3 is 9.47 Å². The number of aromatic nitrogens is 1. The number of hydrogen-bond acceptors (Lipinski definition) is 4. The maximum atomic E-state index is 11.6. The van der Waals surface area contributed by atoms with Crippen LogP contribution in [-0.2, 0) is 11.2 Å². The van der Waals surface area contributed by atoms with Gasteiger partial charge in [0.15, 0.2) is 0 Å². The molecule has 0 radical (unpaired) electrons. The monoisotopic (exact) mass is 250 g/mol. The average Bonchev–Trinajstić information content (AvgIpc) is 2.26. The number of anilines is 1. The molecule has 0 atom stereocenters. The number of aryl methyl sites for hydroxylation is 1. The molecule has 0 spiro atoms. The summed E-state index contributed by atoms with van der Waals surface area (Å²) in [5.41, 5.74) is 1.02. The van der Waals surface area contributed by atoms with E-state index >= 15 is 0 Å². The number of nitrogens with one attached hydrogen (secondary N) is 1. The molecule has 1 aliphatic rings. The number of nitrogens with zero attached hydrogens (tertiary/aromatic N) is 1. The van der Waals surface area contributed by atoms with Gasteiger partial charge >= 0.3 is 6.09 Å². The Morgan fingerprint density at radius 3 is 3.00 bits per heavy atom. The van der Waals surface area contributed by atoms with E-state index in [1.165, 1.54) is 0 Å². The molecule has 5 heteroatoms. The first kappa shape index (κ1) is 12.7. The van der Waals surface area contributed by atoms with Crippen LogP contribution in [0.15, 0.2) is 12.3 Å². The fraction of sp³-hybridized carbons (Fsp3) is 0.538. The number of pyridine rings is 1. The smallest absolute Gasteiger partial charge is 0.412 e. The molecule has 1 N–H and O–H groups in total. The van der Waals surface area contributed by atoms with Crippen molar-refractivity contribution in [2.45, 2.75) is 39.2 Å². The Morgan fingerprint density at radius 2 is 2.28 bits per heavy atom. The first-order chi connectivity index (χ1) is 8.44. The highest BCUT2D eigenvalue weighted by Crippen LogP contribution is 2.25. The van der Waals surface area contributed by atoms with Crippen molar-refractivity contribution in [1.29, 1.82) is 0 Å². The summed E-state index contributed by atoms with van der Waals surface area (Å²) in [5, 5.41) is 2.64. The Bertz CT molecular complexity index is 452. The van der Waals surface area contributed by atoms with Crippen LogP contribution < -0.4 is 10.1 Å². The Balaban J connectivity index is 2.04. The number of amides is 1. The molecule has 98 valence electrons. The van der Waals surface area contributed by atoms with Gasteiger partial charge in [-0.3, -0.25) is 10.3 Å². The fourth-order valence-electron chi connectivity index (χ4n) is 1.70. The molecule has 2 rings (SSSR count). The van der Waals surface area contributed by atoms with Gasteiger partial charge in [-0.1, -0.05) is 0 Å². The second kappa shape index (κ2) is 4.84. The molecule has 5 nitrogen and oxygen atoms in total. The van der Waals surface area contributed by atoms with E-state index in [0.29, 0.717) is 12.3 Å². The molecule has 18 heavy (non-hydrogen) atoms. The van der Waals surface area contributed by atoms with Crippen LogP contribution in [0.25, 0.3) is 0 Å². The van der Waals surface area contributed by atoms with Crippen molar-refractivity contribution in [3.63, 3.8) is 0 Å². The van der Waals surface area contributed by atoms with Crippen LogP contribution in [0.4, 0.5) is 10.5 Å². The molecule has 1 amide bonds. The van der Waals surface area contributed by atoms with Crippen molar-refractivity contribution in [2.75, 3.05) is 11.9 Å². The summed E-state index contributed by atoms with van der Waals surface area (Å²) in [5.74, 6) is 0.745. The average molecular weight is 250 g/mol. The predicted octanol–water partition coefficient (Wildman–Crippen LogP) is 2.75. The molecule has 0 saturated carbocycles. The first-order valence-electron chi connectivity index (χ1n) is 6.06. The summed E-state index contributed by atoms with van der Waals surface area (Å²) in [6, 6.07) is 1.78. The lowest BCUT2D eigenvalue weighted by Crippen LogP contribution is -2.27. The molecule has 1 aromatic heterocycles. The number of hydrogen-bond donors (Lipinski definition) is 1. The van der Waals surface area contributed by atoms with Crippen LogP contribution in [0.2, 0.25) is 0 Å². The van der Waals surface area contributed by atoms with Crippen LogP contribution in [0.3, 0.4) is 0 Å². The van der Waals surface area contributed by atoms with Crippen molar-refractivity contribution >= 4 is 11.8 Å². The number of carbonyl (C=O) groups excluding carboxylic acids is 1. The van der Waals surface area contributed by atoms with Gasteiger partial charge in [-0.05, 0) is 33.6 Å². The number of fused-ring (bicyclic) bond motifs is 1. The van der Waals surface area contributed by atoms with Crippen molar-refractivity contribution in [3.05, 3.63) is 18.0 Å².